The molecule has 0 N–H and O–H groups in total. The van der Waals surface area contributed by atoms with Crippen LogP contribution in [0.2, 0.25) is 0 Å². The molecule has 0 unspecified atom stereocenters. The average Bonchev–Trinajstić information content (AvgIpc) is 3.93. The highest BCUT2D eigenvalue weighted by Gasteiger charge is 2.21. The van der Waals surface area contributed by atoms with Crippen molar-refractivity contribution in [2.45, 2.75) is 0 Å². The average molecular weight is 667 g/mol. The molecule has 0 amide bonds. The third-order valence-corrected chi connectivity index (χ3v) is 11.8. The highest BCUT2D eigenvalue weighted by Crippen LogP contribution is 2.43. The van der Waals surface area contributed by atoms with Gasteiger partial charge in [0.25, 0.3) is 0 Å². The second-order valence-corrected chi connectivity index (χ2v) is 14.4. The molecule has 0 saturated carbocycles. The van der Waals surface area contributed by atoms with Gasteiger partial charge in [0, 0.05) is 59.2 Å². The highest BCUT2D eigenvalue weighted by molar-refractivity contribution is 7.26. The molecule has 0 spiro atoms. The van der Waals surface area contributed by atoms with E-state index in [2.05, 4.69) is 161 Å². The third-order valence-electron chi connectivity index (χ3n) is 10.7. The van der Waals surface area contributed by atoms with Crippen LogP contribution in [0.5, 0.6) is 0 Å². The van der Waals surface area contributed by atoms with Crippen molar-refractivity contribution >= 4 is 91.5 Å². The molecule has 5 heteroatoms. The van der Waals surface area contributed by atoms with Crippen LogP contribution in [0.25, 0.3) is 109 Å². The number of hydrogen-bond acceptors (Lipinski definition) is 3. The van der Waals surface area contributed by atoms with Crippen LogP contribution in [0, 0.1) is 0 Å². The maximum atomic E-state index is 5.30. The van der Waals surface area contributed by atoms with Crippen LogP contribution in [-0.4, -0.2) is 18.9 Å². The van der Waals surface area contributed by atoms with Crippen LogP contribution in [0.4, 0.5) is 0 Å². The van der Waals surface area contributed by atoms with Crippen LogP contribution in [0.3, 0.4) is 0 Å². The molecule has 0 saturated heterocycles. The predicted octanol–water partition coefficient (Wildman–Crippen LogP) is 12.4. The van der Waals surface area contributed by atoms with Gasteiger partial charge in [0.2, 0.25) is 0 Å². The molecule has 7 aromatic carbocycles. The second kappa shape index (κ2) is 10.0. The van der Waals surface area contributed by atoms with E-state index in [4.69, 9.17) is 9.97 Å². The quantitative estimate of drug-likeness (QED) is 0.188. The Morgan fingerprint density at radius 1 is 0.431 bits per heavy atom. The molecule has 4 nitrogen and oxygen atoms in total. The Morgan fingerprint density at radius 3 is 1.92 bits per heavy atom. The first-order valence-electron chi connectivity index (χ1n) is 17.3. The van der Waals surface area contributed by atoms with E-state index in [1.807, 2.05) is 6.07 Å². The van der Waals surface area contributed by atoms with Crippen molar-refractivity contribution in [3.63, 3.8) is 0 Å². The summed E-state index contributed by atoms with van der Waals surface area (Å²) in [6.45, 7) is 0. The van der Waals surface area contributed by atoms with Crippen molar-refractivity contribution in [3.8, 4) is 28.3 Å². The largest absolute Gasteiger partial charge is 0.309 e. The third kappa shape index (κ3) is 3.68. The molecule has 0 radical (unpaired) electrons. The molecule has 236 valence electrons. The molecule has 5 aromatic heterocycles. The van der Waals surface area contributed by atoms with E-state index < -0.39 is 0 Å². The molecule has 0 fully saturated rings. The van der Waals surface area contributed by atoms with E-state index in [0.717, 1.165) is 44.1 Å². The van der Waals surface area contributed by atoms with E-state index >= 15 is 0 Å². The van der Waals surface area contributed by atoms with E-state index in [1.54, 1.807) is 11.3 Å². The Balaban J connectivity index is 1.16. The number of aromatic nitrogens is 4. The molecule has 12 rings (SSSR count). The van der Waals surface area contributed by atoms with Gasteiger partial charge in [0.1, 0.15) is 0 Å². The number of thiophene rings is 1. The van der Waals surface area contributed by atoms with Crippen molar-refractivity contribution in [1.29, 1.82) is 0 Å². The van der Waals surface area contributed by atoms with Gasteiger partial charge in [-0.15, -0.1) is 11.3 Å². The maximum absolute atomic E-state index is 5.30. The SMILES string of the molecule is c1ccc(-c2nc(-c3ccc4c5ccccc5n(-c5ccc6c7cccc8c9ccccc9n(c6c5)c87)c4c3)c3sc4ccccc4c3n2)cc1. The molecule has 12 aromatic rings. The van der Waals surface area contributed by atoms with Gasteiger partial charge in [0.05, 0.1) is 43.5 Å². The minimum atomic E-state index is 0.741. The van der Waals surface area contributed by atoms with Gasteiger partial charge in [0.15, 0.2) is 5.82 Å². The number of rotatable bonds is 3. The molecule has 51 heavy (non-hydrogen) atoms. The molecular weight excluding hydrogens is 641 g/mol. The first-order chi connectivity index (χ1) is 25.3. The lowest BCUT2D eigenvalue weighted by molar-refractivity contribution is 1.18. The number of para-hydroxylation sites is 3. The summed E-state index contributed by atoms with van der Waals surface area (Å²) in [6.07, 6.45) is 0. The maximum Gasteiger partial charge on any atom is 0.160 e. The summed E-state index contributed by atoms with van der Waals surface area (Å²) >= 11 is 1.77. The first kappa shape index (κ1) is 27.3. The van der Waals surface area contributed by atoms with Crippen molar-refractivity contribution in [1.82, 2.24) is 18.9 Å². The van der Waals surface area contributed by atoms with Gasteiger partial charge in [-0.2, -0.15) is 0 Å². The van der Waals surface area contributed by atoms with Crippen LogP contribution in [-0.2, 0) is 0 Å². The summed E-state index contributed by atoms with van der Waals surface area (Å²) < 4.78 is 7.22. The lowest BCUT2D eigenvalue weighted by atomic mass is 10.1. The summed E-state index contributed by atoms with van der Waals surface area (Å²) in [4.78, 5) is 10.5. The molecule has 0 aliphatic rings. The number of hydrogen-bond donors (Lipinski definition) is 0. The molecule has 0 aliphatic carbocycles. The Labute approximate surface area is 295 Å². The van der Waals surface area contributed by atoms with Crippen LogP contribution < -0.4 is 0 Å². The van der Waals surface area contributed by atoms with Gasteiger partial charge in [-0.25, -0.2) is 9.97 Å². The Morgan fingerprint density at radius 2 is 1.08 bits per heavy atom. The lowest BCUT2D eigenvalue weighted by Gasteiger charge is -2.11. The minimum absolute atomic E-state index is 0.741. The summed E-state index contributed by atoms with van der Waals surface area (Å²) in [7, 11) is 0. The van der Waals surface area contributed by atoms with Gasteiger partial charge in [-0.3, -0.25) is 0 Å². The standard InChI is InChI=1S/C46H26N4S/c1-2-11-27(12-3-1)46-47-42(45-43(48-46)36-15-6-9-20-41(36)51-45)28-21-23-32-30-13-4-7-18-37(30)49(39(32)25-28)29-22-24-33-35-17-10-16-34-31-14-5-8-19-38(31)50(44(34)35)40(33)26-29/h1-26H. The lowest BCUT2D eigenvalue weighted by Crippen LogP contribution is -1.96. The fourth-order valence-electron chi connectivity index (χ4n) is 8.46. The second-order valence-electron chi connectivity index (χ2n) is 13.4. The van der Waals surface area contributed by atoms with Crippen molar-refractivity contribution in [2.75, 3.05) is 0 Å². The normalized spacial score (nSPS) is 12.3. The molecule has 0 bridgehead atoms. The van der Waals surface area contributed by atoms with E-state index in [1.165, 1.54) is 64.5 Å². The van der Waals surface area contributed by atoms with Crippen molar-refractivity contribution < 1.29 is 0 Å². The fraction of sp³-hybridized carbons (Fsp3) is 0. The number of nitrogens with zero attached hydrogens (tertiary/aromatic N) is 4. The predicted molar refractivity (Wildman–Crippen MR) is 215 cm³/mol. The molecule has 0 atom stereocenters. The summed E-state index contributed by atoms with van der Waals surface area (Å²) in [5, 5.41) is 8.77. The summed E-state index contributed by atoms with van der Waals surface area (Å²) in [5.41, 5.74) is 11.3. The molecule has 0 aliphatic heterocycles. The van der Waals surface area contributed by atoms with E-state index in [-0.39, 0.29) is 0 Å². The van der Waals surface area contributed by atoms with E-state index in [9.17, 15) is 0 Å². The number of benzene rings is 7. The summed E-state index contributed by atoms with van der Waals surface area (Å²) in [5.74, 6) is 0.741. The molecular formula is C46H26N4S. The first-order valence-corrected chi connectivity index (χ1v) is 18.1. The molecule has 5 heterocycles. The van der Waals surface area contributed by atoms with Crippen LogP contribution >= 0.6 is 11.3 Å². The van der Waals surface area contributed by atoms with Crippen molar-refractivity contribution in [3.05, 3.63) is 158 Å². The Hall–Kier alpha value is -6.56. The van der Waals surface area contributed by atoms with Gasteiger partial charge in [-0.1, -0.05) is 121 Å². The monoisotopic (exact) mass is 666 g/mol. The smallest absolute Gasteiger partial charge is 0.160 e. The fourth-order valence-corrected chi connectivity index (χ4v) is 9.61. The zero-order chi connectivity index (χ0) is 33.2. The highest BCUT2D eigenvalue weighted by atomic mass is 32.1. The minimum Gasteiger partial charge on any atom is -0.309 e. The Kier molecular flexibility index (Phi) is 5.35. The zero-order valence-corrected chi connectivity index (χ0v) is 28.0. The Bertz CT molecular complexity index is 3370. The van der Waals surface area contributed by atoms with Crippen LogP contribution in [0.1, 0.15) is 0 Å². The van der Waals surface area contributed by atoms with E-state index in [0.29, 0.717) is 0 Å². The van der Waals surface area contributed by atoms with Gasteiger partial charge < -0.3 is 8.97 Å². The zero-order valence-electron chi connectivity index (χ0n) is 27.2. The van der Waals surface area contributed by atoms with Gasteiger partial charge >= 0.3 is 0 Å². The van der Waals surface area contributed by atoms with Crippen molar-refractivity contribution in [2.24, 2.45) is 0 Å². The summed E-state index contributed by atoms with van der Waals surface area (Å²) in [6, 6.07) is 56.9. The van der Waals surface area contributed by atoms with Crippen LogP contribution in [0.15, 0.2) is 158 Å². The topological polar surface area (TPSA) is 35.1 Å². The number of fused-ring (bicyclic) bond motifs is 12. The van der Waals surface area contributed by atoms with Gasteiger partial charge in [-0.05, 0) is 36.4 Å².